The van der Waals surface area contributed by atoms with Crippen LogP contribution < -0.4 is 0 Å². The molecule has 2 heteroatoms. The fourth-order valence-corrected chi connectivity index (χ4v) is 0.0430. The van der Waals surface area contributed by atoms with Gasteiger partial charge in [0.1, 0.15) is 6.26 Å². The van der Waals surface area contributed by atoms with Crippen LogP contribution >= 0.6 is 0 Å². The zero-order chi connectivity index (χ0) is 4.12. The molecule has 0 aliphatic rings. The molecule has 0 aromatic carbocycles. The van der Waals surface area contributed by atoms with Crippen molar-refractivity contribution in [1.29, 1.82) is 0 Å². The molecule has 0 heterocycles. The second-order valence-corrected chi connectivity index (χ2v) is 0.377. The molecule has 0 bridgehead atoms. The van der Waals surface area contributed by atoms with Gasteiger partial charge in [0.2, 0.25) is 0 Å². The highest BCUT2D eigenvalue weighted by atomic mass is 16.6. The first-order valence-corrected chi connectivity index (χ1v) is 1.08. The van der Waals surface area contributed by atoms with Crippen molar-refractivity contribution >= 4 is 6.72 Å². The third-order valence-corrected chi connectivity index (χ3v) is 0.135. The van der Waals surface area contributed by atoms with E-state index in [1.807, 2.05) is 0 Å². The van der Waals surface area contributed by atoms with Crippen molar-refractivity contribution in [3.63, 3.8) is 0 Å². The molecule has 0 aliphatic heterocycles. The molecule has 0 spiro atoms. The maximum Gasteiger partial charge on any atom is 0.114 e. The molecule has 0 saturated carbocycles. The van der Waals surface area contributed by atoms with Crippen molar-refractivity contribution in [2.45, 2.75) is 0 Å². The van der Waals surface area contributed by atoms with E-state index in [0.29, 0.717) is 0 Å². The Morgan fingerprint density at radius 3 is 2.60 bits per heavy atom. The minimum Gasteiger partial charge on any atom is -0.365 e. The van der Waals surface area contributed by atoms with Gasteiger partial charge in [-0.2, -0.15) is 0 Å². The van der Waals surface area contributed by atoms with Crippen LogP contribution in [0, 0.1) is 0 Å². The molecule has 0 rings (SSSR count). The zero-order valence-corrected chi connectivity index (χ0v) is 2.72. The quantitative estimate of drug-likeness (QED) is 0.265. The first-order chi connectivity index (χ1) is 2.41. The van der Waals surface area contributed by atoms with Gasteiger partial charge in [0.15, 0.2) is 0 Å². The number of rotatable bonds is 2. The molecule has 0 saturated heterocycles. The second kappa shape index (κ2) is 3.21. The van der Waals surface area contributed by atoms with Gasteiger partial charge in [0.25, 0.3) is 0 Å². The first kappa shape index (κ1) is 4.21. The monoisotopic (exact) mass is 70.0 g/mol. The topological polar surface area (TPSA) is 21.6 Å². The molecule has 0 aromatic rings. The van der Waals surface area contributed by atoms with Crippen molar-refractivity contribution in [2.24, 2.45) is 5.16 Å². The molecule has 2 nitrogen and oxygen atoms in total. The second-order valence-electron chi connectivity index (χ2n) is 0.377. The Morgan fingerprint density at radius 2 is 2.60 bits per heavy atom. The number of nitrogens with zero attached hydrogens (tertiary/aromatic N) is 1. The van der Waals surface area contributed by atoms with E-state index in [1.165, 1.54) is 0 Å². The van der Waals surface area contributed by atoms with Gasteiger partial charge in [-0.15, -0.1) is 0 Å². The van der Waals surface area contributed by atoms with E-state index < -0.39 is 0 Å². The van der Waals surface area contributed by atoms with Crippen LogP contribution in [-0.4, -0.2) is 6.72 Å². The Balaban J connectivity index is 2.65. The van der Waals surface area contributed by atoms with Crippen LogP contribution in [0.15, 0.2) is 18.0 Å². The third-order valence-electron chi connectivity index (χ3n) is 0.135. The summed E-state index contributed by atoms with van der Waals surface area (Å²) < 4.78 is 0. The lowest BCUT2D eigenvalue weighted by Crippen LogP contribution is -1.54. The van der Waals surface area contributed by atoms with E-state index in [1.54, 1.807) is 0 Å². The lowest BCUT2D eigenvalue weighted by Gasteiger charge is -1.74. The summed E-state index contributed by atoms with van der Waals surface area (Å²) in [5.74, 6) is 0. The van der Waals surface area contributed by atoms with Gasteiger partial charge in [-0.1, -0.05) is 11.7 Å². The predicted molar refractivity (Wildman–Crippen MR) is 19.8 cm³/mol. The average Bonchev–Trinajstić information content (AvgIpc) is 1.41. The summed E-state index contributed by atoms with van der Waals surface area (Å²) >= 11 is 0. The fourth-order valence-electron chi connectivity index (χ4n) is 0.0430. The Hall–Kier alpha value is -0.790. The Bertz CT molecular complexity index is 36.2. The molecule has 0 atom stereocenters. The summed E-state index contributed by atoms with van der Waals surface area (Å²) in [6.07, 6.45) is 1.14. The van der Waals surface area contributed by atoms with Crippen molar-refractivity contribution in [1.82, 2.24) is 0 Å². The highest BCUT2D eigenvalue weighted by Gasteiger charge is 1.46. The van der Waals surface area contributed by atoms with Gasteiger partial charge in [-0.3, -0.25) is 0 Å². The van der Waals surface area contributed by atoms with Crippen molar-refractivity contribution < 1.29 is 4.84 Å². The zero-order valence-electron chi connectivity index (χ0n) is 2.72. The van der Waals surface area contributed by atoms with E-state index in [2.05, 4.69) is 23.3 Å². The third kappa shape index (κ3) is 3.21. The van der Waals surface area contributed by atoms with Gasteiger partial charge >= 0.3 is 0 Å². The molecule has 0 N–H and O–H groups in total. The molecule has 0 aromatic heterocycles. The first-order valence-electron chi connectivity index (χ1n) is 1.08. The highest BCUT2D eigenvalue weighted by molar-refractivity contribution is 5.21. The molecule has 0 fully saturated rings. The summed E-state index contributed by atoms with van der Waals surface area (Å²) in [6, 6.07) is 0. The van der Waals surface area contributed by atoms with Crippen LogP contribution in [0.3, 0.4) is 0 Å². The Morgan fingerprint density at radius 1 is 2.00 bits per heavy atom. The average molecular weight is 70.1 g/mol. The molecular formula is C3H4NO. The van der Waals surface area contributed by atoms with Gasteiger partial charge in [-0.05, 0) is 0 Å². The smallest absolute Gasteiger partial charge is 0.114 e. The molecule has 27 valence electrons. The molecule has 1 radical (unpaired) electrons. The summed E-state index contributed by atoms with van der Waals surface area (Å²) in [5, 5.41) is 2.74. The van der Waals surface area contributed by atoms with Gasteiger partial charge in [0, 0.05) is 0 Å². The maximum absolute atomic E-state index is 4.47. The minimum absolute atomic E-state index is 1.14. The number of hydrogen-bond donors (Lipinski definition) is 0. The summed E-state index contributed by atoms with van der Waals surface area (Å²) in [6.45, 7) is 7.62. The molecule has 5 heavy (non-hydrogen) atoms. The molecular weight excluding hydrogens is 66.0 g/mol. The van der Waals surface area contributed by atoms with Crippen LogP contribution in [0.25, 0.3) is 0 Å². The fraction of sp³-hybridized carbons (Fsp3) is 0. The van der Waals surface area contributed by atoms with Crippen LogP contribution in [0.5, 0.6) is 0 Å². The lowest BCUT2D eigenvalue weighted by atomic mass is 11.2. The number of hydrogen-bond acceptors (Lipinski definition) is 2. The van der Waals surface area contributed by atoms with Crippen molar-refractivity contribution in [2.75, 3.05) is 0 Å². The van der Waals surface area contributed by atoms with E-state index in [9.17, 15) is 0 Å². The van der Waals surface area contributed by atoms with E-state index >= 15 is 0 Å². The van der Waals surface area contributed by atoms with Crippen LogP contribution in [0.2, 0.25) is 0 Å². The van der Waals surface area contributed by atoms with Crippen molar-refractivity contribution in [3.05, 3.63) is 12.8 Å². The lowest BCUT2D eigenvalue weighted by molar-refractivity contribution is 0.273. The van der Waals surface area contributed by atoms with Crippen molar-refractivity contribution in [3.8, 4) is 0 Å². The van der Waals surface area contributed by atoms with E-state index in [4.69, 9.17) is 0 Å². The standard InChI is InChI=1S/C3H4NO/c1-3-5-4-2/h2-3H,1H2. The van der Waals surface area contributed by atoms with E-state index in [-0.39, 0.29) is 0 Å². The minimum atomic E-state index is 1.14. The van der Waals surface area contributed by atoms with Crippen LogP contribution in [-0.2, 0) is 4.84 Å². The van der Waals surface area contributed by atoms with E-state index in [0.717, 1.165) is 6.26 Å². The van der Waals surface area contributed by atoms with Gasteiger partial charge < -0.3 is 4.84 Å². The molecule has 0 aliphatic carbocycles. The van der Waals surface area contributed by atoms with Gasteiger partial charge in [-0.25, -0.2) is 0 Å². The SMILES string of the molecule is [CH]=NOC=C. The molecule has 0 unspecified atom stereocenters. The highest BCUT2D eigenvalue weighted by Crippen LogP contribution is 1.64. The van der Waals surface area contributed by atoms with Gasteiger partial charge in [0.05, 0.1) is 6.72 Å². The Kier molecular flexibility index (Phi) is 2.70. The summed E-state index contributed by atoms with van der Waals surface area (Å²) in [7, 11) is 0. The maximum atomic E-state index is 4.47. The summed E-state index contributed by atoms with van der Waals surface area (Å²) in [5.41, 5.74) is 0. The molecule has 0 amide bonds. The van der Waals surface area contributed by atoms with Crippen LogP contribution in [0.4, 0.5) is 0 Å². The Labute approximate surface area is 30.7 Å². The van der Waals surface area contributed by atoms with Crippen LogP contribution in [0.1, 0.15) is 0 Å². The largest absolute Gasteiger partial charge is 0.365 e. The summed E-state index contributed by atoms with van der Waals surface area (Å²) in [4.78, 5) is 4.00. The predicted octanol–water partition coefficient (Wildman–Crippen LogP) is 0.639. The normalized spacial score (nSPS) is 5.60.